The zero-order valence-electron chi connectivity index (χ0n) is 10.9. The van der Waals surface area contributed by atoms with Crippen LogP contribution in [-0.2, 0) is 20.9 Å². The third-order valence-corrected chi connectivity index (χ3v) is 2.49. The molecule has 19 heavy (non-hydrogen) atoms. The summed E-state index contributed by atoms with van der Waals surface area (Å²) in [5, 5.41) is 2.59. The van der Waals surface area contributed by atoms with Crippen LogP contribution in [0.5, 0.6) is 5.75 Å². The number of nitrogens with one attached hydrogen (secondary N) is 1. The van der Waals surface area contributed by atoms with Crippen LogP contribution < -0.4 is 10.1 Å². The zero-order chi connectivity index (χ0) is 14.3. The van der Waals surface area contributed by atoms with Crippen molar-refractivity contribution in [2.75, 3.05) is 14.2 Å². The normalized spacial score (nSPS) is 9.84. The topological polar surface area (TPSA) is 64.6 Å². The molecule has 0 aliphatic heterocycles. The maximum atomic E-state index is 13.4. The summed E-state index contributed by atoms with van der Waals surface area (Å²) < 4.78 is 22.6. The molecule has 0 fully saturated rings. The lowest BCUT2D eigenvalue weighted by Crippen LogP contribution is -2.23. The molecule has 0 saturated carbocycles. The van der Waals surface area contributed by atoms with Crippen molar-refractivity contribution in [3.8, 4) is 5.75 Å². The van der Waals surface area contributed by atoms with Crippen LogP contribution in [0.1, 0.15) is 18.4 Å². The van der Waals surface area contributed by atoms with Crippen LogP contribution in [0.25, 0.3) is 0 Å². The average Bonchev–Trinajstić information content (AvgIpc) is 2.42. The first kappa shape index (κ1) is 14.9. The molecule has 0 aliphatic carbocycles. The van der Waals surface area contributed by atoms with Gasteiger partial charge in [-0.2, -0.15) is 0 Å². The molecule has 0 bridgehead atoms. The van der Waals surface area contributed by atoms with Gasteiger partial charge in [-0.05, 0) is 17.7 Å². The van der Waals surface area contributed by atoms with Gasteiger partial charge in [0.25, 0.3) is 0 Å². The van der Waals surface area contributed by atoms with Crippen LogP contribution in [-0.4, -0.2) is 26.1 Å². The molecular formula is C13H16FNO4. The summed E-state index contributed by atoms with van der Waals surface area (Å²) in [5.41, 5.74) is 0.615. The maximum absolute atomic E-state index is 13.4. The molecule has 0 heterocycles. The molecule has 0 radical (unpaired) electrons. The predicted octanol–water partition coefficient (Wildman–Crippen LogP) is 1.40. The van der Waals surface area contributed by atoms with Crippen LogP contribution >= 0.6 is 0 Å². The first-order chi connectivity index (χ1) is 9.06. The fourth-order valence-electron chi connectivity index (χ4n) is 1.43. The van der Waals surface area contributed by atoms with Crippen LogP contribution in [0, 0.1) is 5.82 Å². The molecule has 1 amide bonds. The quantitative estimate of drug-likeness (QED) is 0.793. The molecule has 1 aromatic rings. The predicted molar refractivity (Wildman–Crippen MR) is 66.0 cm³/mol. The highest BCUT2D eigenvalue weighted by Crippen LogP contribution is 2.17. The van der Waals surface area contributed by atoms with Crippen molar-refractivity contribution in [3.05, 3.63) is 29.6 Å². The van der Waals surface area contributed by atoms with Gasteiger partial charge in [-0.3, -0.25) is 9.59 Å². The van der Waals surface area contributed by atoms with E-state index < -0.39 is 11.8 Å². The number of amides is 1. The molecule has 1 aromatic carbocycles. The second kappa shape index (κ2) is 7.35. The van der Waals surface area contributed by atoms with Crippen LogP contribution in [0.3, 0.4) is 0 Å². The zero-order valence-corrected chi connectivity index (χ0v) is 10.9. The molecule has 0 atom stereocenters. The Bertz CT molecular complexity index is 462. The van der Waals surface area contributed by atoms with Gasteiger partial charge in [-0.1, -0.05) is 6.07 Å². The van der Waals surface area contributed by atoms with E-state index in [0.29, 0.717) is 5.56 Å². The van der Waals surface area contributed by atoms with E-state index in [0.717, 1.165) is 0 Å². The second-order valence-corrected chi connectivity index (χ2v) is 3.82. The molecule has 0 aliphatic rings. The number of hydrogen-bond acceptors (Lipinski definition) is 4. The summed E-state index contributed by atoms with van der Waals surface area (Å²) in [6.07, 6.45) is 0.0740. The molecule has 6 heteroatoms. The van der Waals surface area contributed by atoms with E-state index >= 15 is 0 Å². The van der Waals surface area contributed by atoms with Crippen LogP contribution in [0.15, 0.2) is 18.2 Å². The van der Waals surface area contributed by atoms with Crippen molar-refractivity contribution in [1.29, 1.82) is 0 Å². The van der Waals surface area contributed by atoms with Gasteiger partial charge in [0.05, 0.1) is 20.6 Å². The summed E-state index contributed by atoms with van der Waals surface area (Å²) in [5.74, 6) is -1.06. The number of carbonyl (C=O) groups is 2. The molecule has 5 nitrogen and oxygen atoms in total. The van der Waals surface area contributed by atoms with E-state index in [-0.39, 0.29) is 31.0 Å². The Hall–Kier alpha value is -2.11. The number of methoxy groups -OCH3 is 2. The number of halogens is 1. The first-order valence-corrected chi connectivity index (χ1v) is 5.72. The van der Waals surface area contributed by atoms with Gasteiger partial charge >= 0.3 is 5.97 Å². The number of hydrogen-bond donors (Lipinski definition) is 1. The van der Waals surface area contributed by atoms with E-state index in [2.05, 4.69) is 10.1 Å². The number of carbonyl (C=O) groups excluding carboxylic acids is 2. The van der Waals surface area contributed by atoms with Crippen molar-refractivity contribution in [2.24, 2.45) is 0 Å². The first-order valence-electron chi connectivity index (χ1n) is 5.72. The Kier molecular flexibility index (Phi) is 5.78. The molecule has 104 valence electrons. The lowest BCUT2D eigenvalue weighted by atomic mass is 10.2. The van der Waals surface area contributed by atoms with Gasteiger partial charge in [0, 0.05) is 13.0 Å². The highest BCUT2D eigenvalue weighted by Gasteiger charge is 2.07. The van der Waals surface area contributed by atoms with Crippen molar-refractivity contribution in [1.82, 2.24) is 5.32 Å². The summed E-state index contributed by atoms with van der Waals surface area (Å²) in [4.78, 5) is 22.2. The van der Waals surface area contributed by atoms with E-state index in [1.165, 1.54) is 26.4 Å². The SMILES string of the molecule is COC(=O)CCC(=O)NCc1ccc(OC)c(F)c1. The minimum absolute atomic E-state index is 0.0271. The van der Waals surface area contributed by atoms with Gasteiger partial charge in [-0.15, -0.1) is 0 Å². The van der Waals surface area contributed by atoms with Crippen LogP contribution in [0.2, 0.25) is 0 Å². The molecule has 0 spiro atoms. The minimum atomic E-state index is -0.483. The molecule has 0 saturated heterocycles. The van der Waals surface area contributed by atoms with Gasteiger partial charge < -0.3 is 14.8 Å². The smallest absolute Gasteiger partial charge is 0.306 e. The largest absolute Gasteiger partial charge is 0.494 e. The van der Waals surface area contributed by atoms with Crippen LogP contribution in [0.4, 0.5) is 4.39 Å². The third-order valence-electron chi connectivity index (χ3n) is 2.49. The highest BCUT2D eigenvalue weighted by atomic mass is 19.1. The minimum Gasteiger partial charge on any atom is -0.494 e. The number of ether oxygens (including phenoxy) is 2. The van der Waals surface area contributed by atoms with Gasteiger partial charge in [0.2, 0.25) is 5.91 Å². The second-order valence-electron chi connectivity index (χ2n) is 3.82. The van der Waals surface area contributed by atoms with E-state index in [9.17, 15) is 14.0 Å². The number of benzene rings is 1. The standard InChI is InChI=1S/C13H16FNO4/c1-18-11-4-3-9(7-10(11)14)8-15-12(16)5-6-13(17)19-2/h3-4,7H,5-6,8H2,1-2H3,(H,15,16). The molecule has 0 aromatic heterocycles. The summed E-state index contributed by atoms with van der Waals surface area (Å²) in [6, 6.07) is 4.44. The Morgan fingerprint density at radius 1 is 1.26 bits per heavy atom. The van der Waals surface area contributed by atoms with Crippen molar-refractivity contribution in [2.45, 2.75) is 19.4 Å². The average molecular weight is 269 g/mol. The lowest BCUT2D eigenvalue weighted by molar-refractivity contribution is -0.142. The fraction of sp³-hybridized carbons (Fsp3) is 0.385. The van der Waals surface area contributed by atoms with Gasteiger partial charge in [0.1, 0.15) is 0 Å². The summed E-state index contributed by atoms with van der Waals surface area (Å²) >= 11 is 0. The summed E-state index contributed by atoms with van der Waals surface area (Å²) in [7, 11) is 2.65. The van der Waals surface area contributed by atoms with Crippen molar-refractivity contribution >= 4 is 11.9 Å². The highest BCUT2D eigenvalue weighted by molar-refractivity contribution is 5.81. The lowest BCUT2D eigenvalue weighted by Gasteiger charge is -2.07. The van der Waals surface area contributed by atoms with E-state index in [1.54, 1.807) is 6.07 Å². The third kappa shape index (κ3) is 4.95. The molecular weight excluding hydrogens is 253 g/mol. The Morgan fingerprint density at radius 3 is 2.58 bits per heavy atom. The van der Waals surface area contributed by atoms with E-state index in [4.69, 9.17) is 4.74 Å². The van der Waals surface area contributed by atoms with Crippen molar-refractivity contribution in [3.63, 3.8) is 0 Å². The summed E-state index contributed by atoms with van der Waals surface area (Å²) in [6.45, 7) is 0.195. The van der Waals surface area contributed by atoms with E-state index in [1.807, 2.05) is 0 Å². The van der Waals surface area contributed by atoms with Crippen molar-refractivity contribution < 1.29 is 23.5 Å². The monoisotopic (exact) mass is 269 g/mol. The maximum Gasteiger partial charge on any atom is 0.306 e. The van der Waals surface area contributed by atoms with Gasteiger partial charge in [-0.25, -0.2) is 4.39 Å². The Labute approximate surface area is 110 Å². The fourth-order valence-corrected chi connectivity index (χ4v) is 1.43. The molecule has 1 N–H and O–H groups in total. The Balaban J connectivity index is 2.42. The number of rotatable bonds is 6. The molecule has 1 rings (SSSR count). The number of esters is 1. The van der Waals surface area contributed by atoms with Gasteiger partial charge in [0.15, 0.2) is 11.6 Å². The molecule has 0 unspecified atom stereocenters. The Morgan fingerprint density at radius 2 is 2.00 bits per heavy atom.